The number of fused-ring (bicyclic) bond motifs is 1. The molecule has 0 unspecified atom stereocenters. The van der Waals surface area contributed by atoms with Crippen LogP contribution in [-0.4, -0.2) is 26.2 Å². The highest BCUT2D eigenvalue weighted by Crippen LogP contribution is 2.24. The van der Waals surface area contributed by atoms with Crippen LogP contribution in [-0.2, 0) is 27.7 Å². The van der Waals surface area contributed by atoms with E-state index < -0.39 is 10.0 Å². The predicted molar refractivity (Wildman–Crippen MR) is 115 cm³/mol. The summed E-state index contributed by atoms with van der Waals surface area (Å²) >= 11 is 0. The van der Waals surface area contributed by atoms with Crippen molar-refractivity contribution >= 4 is 27.4 Å². The van der Waals surface area contributed by atoms with Gasteiger partial charge in [0.1, 0.15) is 0 Å². The molecule has 0 heterocycles. The summed E-state index contributed by atoms with van der Waals surface area (Å²) in [4.78, 5) is 24.9. The van der Waals surface area contributed by atoms with Crippen LogP contribution in [0.1, 0.15) is 60.0 Å². The van der Waals surface area contributed by atoms with E-state index in [1.807, 2.05) is 18.2 Å². The molecule has 2 aromatic carbocycles. The fraction of sp³-hybridized carbons (Fsp3) is 0.391. The lowest BCUT2D eigenvalue weighted by atomic mass is 9.89. The first-order valence-electron chi connectivity index (χ1n) is 10.5. The van der Waals surface area contributed by atoms with E-state index >= 15 is 0 Å². The van der Waals surface area contributed by atoms with Gasteiger partial charge < -0.3 is 5.32 Å². The van der Waals surface area contributed by atoms with Crippen LogP contribution in [0.15, 0.2) is 47.4 Å². The van der Waals surface area contributed by atoms with Crippen LogP contribution in [0.3, 0.4) is 0 Å². The predicted octanol–water partition coefficient (Wildman–Crippen LogP) is 3.61. The SMILES string of the molecule is O=C(CCC(=O)c1ccc2c(c1)CCCC2)Nc1cccc(S(=O)(=O)NC2CC2)c1. The number of rotatable bonds is 8. The van der Waals surface area contributed by atoms with Gasteiger partial charge in [0.25, 0.3) is 0 Å². The quantitative estimate of drug-likeness (QED) is 0.631. The van der Waals surface area contributed by atoms with Crippen LogP contribution in [0, 0.1) is 0 Å². The van der Waals surface area contributed by atoms with Gasteiger partial charge in [0.2, 0.25) is 15.9 Å². The molecule has 2 aliphatic carbocycles. The molecule has 0 saturated heterocycles. The molecular weight excluding hydrogens is 400 g/mol. The average Bonchev–Trinajstić information content (AvgIpc) is 3.55. The zero-order valence-corrected chi connectivity index (χ0v) is 17.6. The van der Waals surface area contributed by atoms with E-state index in [9.17, 15) is 18.0 Å². The van der Waals surface area contributed by atoms with Crippen molar-refractivity contribution in [2.45, 2.75) is 62.3 Å². The van der Waals surface area contributed by atoms with Crippen LogP contribution < -0.4 is 10.0 Å². The second kappa shape index (κ2) is 8.70. The number of benzene rings is 2. The van der Waals surface area contributed by atoms with Crippen LogP contribution in [0.2, 0.25) is 0 Å². The summed E-state index contributed by atoms with van der Waals surface area (Å²) in [5.74, 6) is -0.366. The van der Waals surface area contributed by atoms with Gasteiger partial charge in [-0.2, -0.15) is 0 Å². The van der Waals surface area contributed by atoms with Crippen molar-refractivity contribution < 1.29 is 18.0 Å². The van der Waals surface area contributed by atoms with Crippen molar-refractivity contribution in [3.63, 3.8) is 0 Å². The number of carbonyl (C=O) groups is 2. The van der Waals surface area contributed by atoms with E-state index in [-0.39, 0.29) is 35.5 Å². The van der Waals surface area contributed by atoms with Gasteiger partial charge in [-0.25, -0.2) is 13.1 Å². The van der Waals surface area contributed by atoms with Crippen LogP contribution >= 0.6 is 0 Å². The van der Waals surface area contributed by atoms with Crippen molar-refractivity contribution in [1.82, 2.24) is 4.72 Å². The van der Waals surface area contributed by atoms with Crippen LogP contribution in [0.5, 0.6) is 0 Å². The Kier molecular flexibility index (Phi) is 6.01. The lowest BCUT2D eigenvalue weighted by Crippen LogP contribution is -2.25. The minimum absolute atomic E-state index is 0.0165. The number of sulfonamides is 1. The second-order valence-corrected chi connectivity index (χ2v) is 9.80. The van der Waals surface area contributed by atoms with Gasteiger partial charge in [-0.1, -0.05) is 18.2 Å². The van der Waals surface area contributed by atoms with Crippen molar-refractivity contribution in [2.75, 3.05) is 5.32 Å². The molecule has 0 aromatic heterocycles. The fourth-order valence-corrected chi connectivity index (χ4v) is 5.08. The third-order valence-corrected chi connectivity index (χ3v) is 7.10. The Bertz CT molecular complexity index is 1070. The molecule has 0 radical (unpaired) electrons. The number of amides is 1. The topological polar surface area (TPSA) is 92.3 Å². The maximum absolute atomic E-state index is 12.5. The number of anilines is 1. The molecule has 1 saturated carbocycles. The molecule has 0 bridgehead atoms. The summed E-state index contributed by atoms with van der Waals surface area (Å²) in [5, 5.41) is 2.70. The molecule has 6 nitrogen and oxygen atoms in total. The van der Waals surface area contributed by atoms with Crippen molar-refractivity contribution in [3.8, 4) is 0 Å². The first-order chi connectivity index (χ1) is 14.4. The number of Topliss-reactive ketones (excluding diaryl/α,β-unsaturated/α-hetero) is 1. The van der Waals surface area contributed by atoms with Gasteiger partial charge in [-0.05, 0) is 73.9 Å². The number of carbonyl (C=O) groups excluding carboxylic acids is 2. The standard InChI is InChI=1S/C23H26N2O4S/c26-22(18-9-8-16-4-1-2-5-17(16)14-18)12-13-23(27)24-20-6-3-7-21(15-20)30(28,29)25-19-10-11-19/h3,6-9,14-15,19,25H,1-2,4-5,10-13H2,(H,24,27). The largest absolute Gasteiger partial charge is 0.326 e. The van der Waals surface area contributed by atoms with E-state index in [1.165, 1.54) is 29.7 Å². The molecule has 2 aliphatic rings. The minimum Gasteiger partial charge on any atom is -0.326 e. The zero-order valence-electron chi connectivity index (χ0n) is 16.8. The second-order valence-electron chi connectivity index (χ2n) is 8.09. The van der Waals surface area contributed by atoms with Gasteiger partial charge in [-0.3, -0.25) is 9.59 Å². The minimum atomic E-state index is -3.58. The highest BCUT2D eigenvalue weighted by atomic mass is 32.2. The molecule has 1 amide bonds. The lowest BCUT2D eigenvalue weighted by Gasteiger charge is -2.16. The Balaban J connectivity index is 1.33. The van der Waals surface area contributed by atoms with Crippen molar-refractivity contribution in [3.05, 3.63) is 59.2 Å². The molecule has 30 heavy (non-hydrogen) atoms. The molecule has 4 rings (SSSR count). The van der Waals surface area contributed by atoms with Crippen LogP contribution in [0.25, 0.3) is 0 Å². The van der Waals surface area contributed by atoms with Gasteiger partial charge in [-0.15, -0.1) is 0 Å². The van der Waals surface area contributed by atoms with Crippen molar-refractivity contribution in [2.24, 2.45) is 0 Å². The number of aryl methyl sites for hydroxylation is 2. The normalized spacial score (nSPS) is 16.0. The summed E-state index contributed by atoms with van der Waals surface area (Å²) in [6.45, 7) is 0. The monoisotopic (exact) mass is 426 g/mol. The first-order valence-corrected chi connectivity index (χ1v) is 12.0. The molecule has 0 aliphatic heterocycles. The highest BCUT2D eigenvalue weighted by molar-refractivity contribution is 7.89. The van der Waals surface area contributed by atoms with Gasteiger partial charge in [0.15, 0.2) is 5.78 Å². The third kappa shape index (κ3) is 5.15. The first kappa shape index (κ1) is 20.8. The van der Waals surface area contributed by atoms with Crippen LogP contribution in [0.4, 0.5) is 5.69 Å². The summed E-state index contributed by atoms with van der Waals surface area (Å²) in [7, 11) is -3.58. The summed E-state index contributed by atoms with van der Waals surface area (Å²) < 4.78 is 27.3. The Hall–Kier alpha value is -2.51. The number of hydrogen-bond donors (Lipinski definition) is 2. The van der Waals surface area contributed by atoms with E-state index in [2.05, 4.69) is 10.0 Å². The lowest BCUT2D eigenvalue weighted by molar-refractivity contribution is -0.116. The summed E-state index contributed by atoms with van der Waals surface area (Å²) in [5.41, 5.74) is 3.62. The molecule has 0 spiro atoms. The molecule has 7 heteroatoms. The molecule has 2 N–H and O–H groups in total. The van der Waals surface area contributed by atoms with Crippen molar-refractivity contribution in [1.29, 1.82) is 0 Å². The van der Waals surface area contributed by atoms with E-state index in [0.717, 1.165) is 32.1 Å². The fourth-order valence-electron chi connectivity index (χ4n) is 3.73. The van der Waals surface area contributed by atoms with E-state index in [4.69, 9.17) is 0 Å². The number of nitrogens with one attached hydrogen (secondary N) is 2. The highest BCUT2D eigenvalue weighted by Gasteiger charge is 2.28. The van der Waals surface area contributed by atoms with E-state index in [0.29, 0.717) is 11.3 Å². The molecule has 2 aromatic rings. The zero-order chi connectivity index (χ0) is 21.1. The van der Waals surface area contributed by atoms with Gasteiger partial charge >= 0.3 is 0 Å². The number of hydrogen-bond acceptors (Lipinski definition) is 4. The van der Waals surface area contributed by atoms with Gasteiger partial charge in [0.05, 0.1) is 4.90 Å². The Morgan fingerprint density at radius 2 is 1.70 bits per heavy atom. The molecular formula is C23H26N2O4S. The smallest absolute Gasteiger partial charge is 0.240 e. The third-order valence-electron chi connectivity index (χ3n) is 5.58. The maximum Gasteiger partial charge on any atom is 0.240 e. The maximum atomic E-state index is 12.5. The Morgan fingerprint density at radius 1 is 0.933 bits per heavy atom. The Morgan fingerprint density at radius 3 is 2.47 bits per heavy atom. The summed E-state index contributed by atoms with van der Waals surface area (Å²) in [6.07, 6.45) is 6.29. The number of ketones is 1. The van der Waals surface area contributed by atoms with E-state index in [1.54, 1.807) is 12.1 Å². The molecule has 0 atom stereocenters. The molecule has 158 valence electrons. The summed E-state index contributed by atoms with van der Waals surface area (Å²) in [6, 6.07) is 12.0. The average molecular weight is 427 g/mol. The van der Waals surface area contributed by atoms with Gasteiger partial charge in [0, 0.05) is 30.1 Å². The Labute approximate surface area is 177 Å². The molecule has 1 fully saturated rings.